The largest absolute Gasteiger partial charge is 0.493 e. The molecular formula is C21H25N3O5. The normalized spacial score (nSPS) is 16.0. The lowest BCUT2D eigenvalue weighted by atomic mass is 10.1. The Morgan fingerprint density at radius 3 is 2.79 bits per heavy atom. The SMILES string of the molecule is CCCCOc1ccccc1C(=O)NNC(=O)C1CC(=O)N(Cc2ccco2)C1. The van der Waals surface area contributed by atoms with Gasteiger partial charge in [-0.2, -0.15) is 0 Å². The molecule has 1 saturated heterocycles. The predicted molar refractivity (Wildman–Crippen MR) is 105 cm³/mol. The summed E-state index contributed by atoms with van der Waals surface area (Å²) < 4.78 is 10.9. The van der Waals surface area contributed by atoms with Crippen molar-refractivity contribution in [2.45, 2.75) is 32.7 Å². The van der Waals surface area contributed by atoms with E-state index in [1.54, 1.807) is 47.6 Å². The van der Waals surface area contributed by atoms with Crippen LogP contribution in [0.5, 0.6) is 5.75 Å². The fourth-order valence-corrected chi connectivity index (χ4v) is 3.09. The molecular weight excluding hydrogens is 374 g/mol. The summed E-state index contributed by atoms with van der Waals surface area (Å²) in [5, 5.41) is 0. The molecule has 1 aliphatic heterocycles. The number of amides is 3. The maximum atomic E-state index is 12.5. The molecule has 1 atom stereocenters. The number of unbranched alkanes of at least 4 members (excludes halogenated alkanes) is 1. The molecule has 8 nitrogen and oxygen atoms in total. The van der Waals surface area contributed by atoms with Gasteiger partial charge in [0.15, 0.2) is 0 Å². The van der Waals surface area contributed by atoms with Crippen molar-refractivity contribution in [3.63, 3.8) is 0 Å². The second-order valence-electron chi connectivity index (χ2n) is 6.90. The van der Waals surface area contributed by atoms with Crippen molar-refractivity contribution in [3.05, 3.63) is 54.0 Å². The van der Waals surface area contributed by atoms with Crippen LogP contribution < -0.4 is 15.6 Å². The summed E-state index contributed by atoms with van der Waals surface area (Å²) in [6.45, 7) is 3.17. The van der Waals surface area contributed by atoms with E-state index >= 15 is 0 Å². The molecule has 3 rings (SSSR count). The van der Waals surface area contributed by atoms with E-state index in [-0.39, 0.29) is 18.9 Å². The third-order valence-electron chi connectivity index (χ3n) is 4.70. The Morgan fingerprint density at radius 1 is 1.21 bits per heavy atom. The molecule has 2 N–H and O–H groups in total. The molecule has 3 amide bonds. The summed E-state index contributed by atoms with van der Waals surface area (Å²) >= 11 is 0. The summed E-state index contributed by atoms with van der Waals surface area (Å²) in [6.07, 6.45) is 3.51. The van der Waals surface area contributed by atoms with E-state index in [1.807, 2.05) is 0 Å². The number of likely N-dealkylation sites (tertiary alicyclic amines) is 1. The van der Waals surface area contributed by atoms with Crippen molar-refractivity contribution >= 4 is 17.7 Å². The smallest absolute Gasteiger partial charge is 0.273 e. The van der Waals surface area contributed by atoms with Crippen LogP contribution in [0, 0.1) is 5.92 Å². The van der Waals surface area contributed by atoms with Crippen LogP contribution >= 0.6 is 0 Å². The number of carbonyl (C=O) groups is 3. The van der Waals surface area contributed by atoms with Gasteiger partial charge >= 0.3 is 0 Å². The first-order chi connectivity index (χ1) is 14.1. The molecule has 0 aliphatic carbocycles. The third kappa shape index (κ3) is 5.37. The first-order valence-corrected chi connectivity index (χ1v) is 9.70. The minimum atomic E-state index is -0.534. The Kier molecular flexibility index (Phi) is 6.89. The molecule has 1 fully saturated rings. The van der Waals surface area contributed by atoms with Crippen LogP contribution in [-0.2, 0) is 16.1 Å². The molecule has 8 heteroatoms. The van der Waals surface area contributed by atoms with Crippen molar-refractivity contribution in [2.24, 2.45) is 5.92 Å². The van der Waals surface area contributed by atoms with Crippen LogP contribution in [0.3, 0.4) is 0 Å². The van der Waals surface area contributed by atoms with Crippen molar-refractivity contribution in [1.82, 2.24) is 15.8 Å². The monoisotopic (exact) mass is 399 g/mol. The average molecular weight is 399 g/mol. The number of hydrogen-bond acceptors (Lipinski definition) is 5. The van der Waals surface area contributed by atoms with Crippen LogP contribution in [0.4, 0.5) is 0 Å². The highest BCUT2D eigenvalue weighted by Crippen LogP contribution is 2.21. The number of hydrazine groups is 1. The third-order valence-corrected chi connectivity index (χ3v) is 4.70. The van der Waals surface area contributed by atoms with Gasteiger partial charge in [-0.05, 0) is 30.7 Å². The van der Waals surface area contributed by atoms with E-state index in [9.17, 15) is 14.4 Å². The lowest BCUT2D eigenvalue weighted by Gasteiger charge is -2.15. The molecule has 0 spiro atoms. The number of rotatable bonds is 8. The molecule has 1 aromatic carbocycles. The minimum absolute atomic E-state index is 0.0964. The first kappa shape index (κ1) is 20.4. The summed E-state index contributed by atoms with van der Waals surface area (Å²) in [5.41, 5.74) is 5.17. The quantitative estimate of drug-likeness (QED) is 0.524. The Morgan fingerprint density at radius 2 is 2.03 bits per heavy atom. The average Bonchev–Trinajstić information content (AvgIpc) is 3.37. The molecule has 0 radical (unpaired) electrons. The first-order valence-electron chi connectivity index (χ1n) is 9.70. The van der Waals surface area contributed by atoms with Gasteiger partial charge in [0.2, 0.25) is 11.8 Å². The zero-order chi connectivity index (χ0) is 20.6. The van der Waals surface area contributed by atoms with Crippen LogP contribution in [0.2, 0.25) is 0 Å². The summed E-state index contributed by atoms with van der Waals surface area (Å²) in [4.78, 5) is 38.6. The maximum Gasteiger partial charge on any atom is 0.273 e. The van der Waals surface area contributed by atoms with Crippen LogP contribution in [0.1, 0.15) is 42.3 Å². The van der Waals surface area contributed by atoms with Gasteiger partial charge in [-0.25, -0.2) is 0 Å². The van der Waals surface area contributed by atoms with Crippen molar-refractivity contribution in [3.8, 4) is 5.75 Å². The molecule has 29 heavy (non-hydrogen) atoms. The molecule has 0 saturated carbocycles. The Bertz CT molecular complexity index is 850. The number of para-hydroxylation sites is 1. The maximum absolute atomic E-state index is 12.5. The van der Waals surface area contributed by atoms with Gasteiger partial charge in [-0.15, -0.1) is 0 Å². The van der Waals surface area contributed by atoms with Crippen molar-refractivity contribution in [2.75, 3.05) is 13.2 Å². The van der Waals surface area contributed by atoms with E-state index in [2.05, 4.69) is 17.8 Å². The zero-order valence-corrected chi connectivity index (χ0v) is 16.3. The highest BCUT2D eigenvalue weighted by molar-refractivity contribution is 5.98. The van der Waals surface area contributed by atoms with E-state index in [0.29, 0.717) is 30.2 Å². The fraction of sp³-hybridized carbons (Fsp3) is 0.381. The van der Waals surface area contributed by atoms with E-state index in [1.165, 1.54) is 0 Å². The Hall–Kier alpha value is -3.29. The van der Waals surface area contributed by atoms with Crippen LogP contribution in [0.15, 0.2) is 47.1 Å². The van der Waals surface area contributed by atoms with Gasteiger partial charge in [0.05, 0.1) is 30.9 Å². The molecule has 1 unspecified atom stereocenters. The topological polar surface area (TPSA) is 101 Å². The van der Waals surface area contributed by atoms with Crippen molar-refractivity contribution in [1.29, 1.82) is 0 Å². The van der Waals surface area contributed by atoms with E-state index < -0.39 is 17.7 Å². The van der Waals surface area contributed by atoms with Crippen LogP contribution in [0.25, 0.3) is 0 Å². The van der Waals surface area contributed by atoms with Gasteiger partial charge in [0, 0.05) is 13.0 Å². The molecule has 154 valence electrons. The number of benzene rings is 1. The molecule has 1 aromatic heterocycles. The van der Waals surface area contributed by atoms with Gasteiger partial charge in [-0.3, -0.25) is 25.2 Å². The molecule has 1 aliphatic rings. The second kappa shape index (κ2) is 9.77. The Balaban J connectivity index is 1.52. The molecule has 2 aromatic rings. The number of carbonyl (C=O) groups excluding carboxylic acids is 3. The summed E-state index contributed by atoms with van der Waals surface area (Å²) in [6, 6.07) is 10.4. The van der Waals surface area contributed by atoms with Gasteiger partial charge in [-0.1, -0.05) is 25.5 Å². The number of ether oxygens (including phenoxy) is 1. The highest BCUT2D eigenvalue weighted by atomic mass is 16.5. The van der Waals surface area contributed by atoms with Gasteiger partial charge < -0.3 is 14.1 Å². The lowest BCUT2D eigenvalue weighted by molar-refractivity contribution is -0.129. The standard InChI is InChI=1S/C21H25N3O5/c1-2-3-10-29-18-9-5-4-8-17(18)21(27)23-22-20(26)15-12-19(25)24(13-15)14-16-7-6-11-28-16/h4-9,11,15H,2-3,10,12-14H2,1H3,(H,22,26)(H,23,27). The van der Waals surface area contributed by atoms with Crippen molar-refractivity contribution < 1.29 is 23.5 Å². The zero-order valence-electron chi connectivity index (χ0n) is 16.3. The fourth-order valence-electron chi connectivity index (χ4n) is 3.09. The lowest BCUT2D eigenvalue weighted by Crippen LogP contribution is -2.45. The minimum Gasteiger partial charge on any atom is -0.493 e. The summed E-state index contributed by atoms with van der Waals surface area (Å²) in [5.74, 6) is -0.405. The summed E-state index contributed by atoms with van der Waals surface area (Å²) in [7, 11) is 0. The molecule has 2 heterocycles. The number of nitrogens with one attached hydrogen (secondary N) is 2. The highest BCUT2D eigenvalue weighted by Gasteiger charge is 2.34. The second-order valence-corrected chi connectivity index (χ2v) is 6.90. The van der Waals surface area contributed by atoms with Gasteiger partial charge in [0.1, 0.15) is 11.5 Å². The van der Waals surface area contributed by atoms with E-state index in [0.717, 1.165) is 12.8 Å². The number of hydrogen-bond donors (Lipinski definition) is 2. The number of nitrogens with zero attached hydrogens (tertiary/aromatic N) is 1. The Labute approximate surface area is 169 Å². The van der Waals surface area contributed by atoms with Gasteiger partial charge in [0.25, 0.3) is 5.91 Å². The number of furan rings is 1. The molecule has 0 bridgehead atoms. The predicted octanol–water partition coefficient (Wildman–Crippen LogP) is 2.27. The van der Waals surface area contributed by atoms with Crippen LogP contribution in [-0.4, -0.2) is 35.8 Å². The van der Waals surface area contributed by atoms with E-state index in [4.69, 9.17) is 9.15 Å².